The lowest BCUT2D eigenvalue weighted by Crippen LogP contribution is -2.60. The van der Waals surface area contributed by atoms with Crippen LogP contribution in [0.5, 0.6) is 0 Å². The van der Waals surface area contributed by atoms with Crippen LogP contribution >= 0.6 is 0 Å². The molecule has 2 saturated heterocycles. The number of rotatable bonds is 3. The molecule has 0 spiro atoms. The molecule has 1 amide bonds. The summed E-state index contributed by atoms with van der Waals surface area (Å²) in [4.78, 5) is 13.8. The van der Waals surface area contributed by atoms with Crippen LogP contribution in [0.4, 0.5) is 0 Å². The second-order valence-corrected chi connectivity index (χ2v) is 7.26. The molecule has 3 N–H and O–H groups in total. The Morgan fingerprint density at radius 2 is 2.05 bits per heavy atom. The SMILES string of the molecule is CS(=O)(=O)N1CCN[C@@H](C(=O)N2CCC[C@H]2B(O)O)C1. The van der Waals surface area contributed by atoms with Gasteiger partial charge in [0.2, 0.25) is 15.9 Å². The van der Waals surface area contributed by atoms with Crippen molar-refractivity contribution in [1.29, 1.82) is 0 Å². The zero-order chi connectivity index (χ0) is 14.9. The molecule has 0 aromatic rings. The van der Waals surface area contributed by atoms with Crippen LogP contribution in [0.3, 0.4) is 0 Å². The van der Waals surface area contributed by atoms with E-state index >= 15 is 0 Å². The Morgan fingerprint density at radius 3 is 2.65 bits per heavy atom. The summed E-state index contributed by atoms with van der Waals surface area (Å²) in [6.45, 7) is 1.30. The fraction of sp³-hybridized carbons (Fsp3) is 0.900. The van der Waals surface area contributed by atoms with E-state index in [9.17, 15) is 23.3 Å². The molecule has 0 aromatic carbocycles. The molecule has 2 aliphatic heterocycles. The molecule has 2 atom stereocenters. The maximum Gasteiger partial charge on any atom is 0.475 e. The van der Waals surface area contributed by atoms with E-state index < -0.39 is 29.1 Å². The first-order valence-electron chi connectivity index (χ1n) is 6.66. The van der Waals surface area contributed by atoms with Crippen molar-refractivity contribution in [1.82, 2.24) is 14.5 Å². The summed E-state index contributed by atoms with van der Waals surface area (Å²) in [5.74, 6) is -0.869. The number of carbonyl (C=O) groups excluding carboxylic acids is 1. The first kappa shape index (κ1) is 15.7. The molecule has 0 bridgehead atoms. The zero-order valence-electron chi connectivity index (χ0n) is 11.4. The van der Waals surface area contributed by atoms with E-state index in [0.29, 0.717) is 26.1 Å². The van der Waals surface area contributed by atoms with E-state index in [1.54, 1.807) is 0 Å². The third-order valence-corrected chi connectivity index (χ3v) is 5.10. The smallest absolute Gasteiger partial charge is 0.426 e. The van der Waals surface area contributed by atoms with Crippen molar-refractivity contribution in [3.8, 4) is 0 Å². The van der Waals surface area contributed by atoms with Gasteiger partial charge in [0.15, 0.2) is 0 Å². The summed E-state index contributed by atoms with van der Waals surface area (Å²) in [6, 6.07) is -0.627. The second-order valence-electron chi connectivity index (χ2n) is 5.28. The van der Waals surface area contributed by atoms with Gasteiger partial charge in [0.05, 0.1) is 12.2 Å². The van der Waals surface area contributed by atoms with Gasteiger partial charge in [-0.2, -0.15) is 4.31 Å². The average molecular weight is 305 g/mol. The first-order chi connectivity index (χ1) is 9.30. The highest BCUT2D eigenvalue weighted by molar-refractivity contribution is 7.88. The van der Waals surface area contributed by atoms with Gasteiger partial charge >= 0.3 is 7.12 Å². The third kappa shape index (κ3) is 3.31. The molecule has 2 rings (SSSR count). The highest BCUT2D eigenvalue weighted by atomic mass is 32.2. The van der Waals surface area contributed by atoms with Gasteiger partial charge < -0.3 is 20.3 Å². The lowest BCUT2D eigenvalue weighted by atomic mass is 9.77. The Morgan fingerprint density at radius 1 is 1.35 bits per heavy atom. The summed E-state index contributed by atoms with van der Waals surface area (Å²) in [7, 11) is -4.88. The Balaban J connectivity index is 2.05. The molecule has 0 unspecified atom stereocenters. The van der Waals surface area contributed by atoms with E-state index in [2.05, 4.69) is 5.32 Å². The zero-order valence-corrected chi connectivity index (χ0v) is 12.2. The fourth-order valence-electron chi connectivity index (χ4n) is 2.77. The maximum absolute atomic E-state index is 12.4. The number of hydrogen-bond donors (Lipinski definition) is 3. The van der Waals surface area contributed by atoms with E-state index in [-0.39, 0.29) is 12.5 Å². The summed E-state index contributed by atoms with van der Waals surface area (Å²) in [5.41, 5.74) is 0. The molecule has 0 radical (unpaired) electrons. The summed E-state index contributed by atoms with van der Waals surface area (Å²) in [5, 5.41) is 21.6. The second kappa shape index (κ2) is 5.98. The number of nitrogens with zero attached hydrogens (tertiary/aromatic N) is 2. The van der Waals surface area contributed by atoms with Crippen LogP contribution in [0.1, 0.15) is 12.8 Å². The molecule has 8 nitrogen and oxygen atoms in total. The van der Waals surface area contributed by atoms with Crippen LogP contribution in [-0.4, -0.2) is 85.1 Å². The molecule has 20 heavy (non-hydrogen) atoms. The van der Waals surface area contributed by atoms with Crippen LogP contribution in [0, 0.1) is 0 Å². The number of piperazine rings is 1. The van der Waals surface area contributed by atoms with Gasteiger partial charge in [-0.1, -0.05) is 0 Å². The predicted octanol–water partition coefficient (Wildman–Crippen LogP) is -2.78. The van der Waals surface area contributed by atoms with Crippen molar-refractivity contribution >= 4 is 23.0 Å². The van der Waals surface area contributed by atoms with Gasteiger partial charge in [-0.25, -0.2) is 8.42 Å². The van der Waals surface area contributed by atoms with Crippen molar-refractivity contribution in [2.75, 3.05) is 32.4 Å². The molecule has 0 aliphatic carbocycles. The van der Waals surface area contributed by atoms with Gasteiger partial charge in [-0.3, -0.25) is 4.79 Å². The number of carbonyl (C=O) groups is 1. The lowest BCUT2D eigenvalue weighted by molar-refractivity contribution is -0.134. The Bertz CT molecular complexity index is 472. The van der Waals surface area contributed by atoms with Gasteiger partial charge in [-0.05, 0) is 12.8 Å². The topological polar surface area (TPSA) is 110 Å². The van der Waals surface area contributed by atoms with Gasteiger partial charge in [0.25, 0.3) is 0 Å². The minimum Gasteiger partial charge on any atom is -0.426 e. The molecule has 2 aliphatic rings. The summed E-state index contributed by atoms with van der Waals surface area (Å²) < 4.78 is 24.4. The van der Waals surface area contributed by atoms with E-state index in [0.717, 1.165) is 12.7 Å². The number of hydrogen-bond acceptors (Lipinski definition) is 6. The molecule has 2 heterocycles. The number of likely N-dealkylation sites (tertiary alicyclic amines) is 1. The number of amides is 1. The van der Waals surface area contributed by atoms with Crippen LogP contribution in [0.15, 0.2) is 0 Å². The van der Waals surface area contributed by atoms with Crippen molar-refractivity contribution in [2.24, 2.45) is 0 Å². The molecular formula is C10H20BN3O5S. The Labute approximate surface area is 118 Å². The number of sulfonamides is 1. The Hall–Kier alpha value is -0.675. The monoisotopic (exact) mass is 305 g/mol. The standard InChI is InChI=1S/C10H20BN3O5S/c1-20(18,19)13-6-4-12-8(7-13)10(15)14-5-2-3-9(14)11(16)17/h8-9,12,16-17H,2-7H2,1H3/t8-,9+/m1/s1. The molecule has 114 valence electrons. The van der Waals surface area contributed by atoms with Gasteiger partial charge in [0.1, 0.15) is 6.04 Å². The quantitative estimate of drug-likeness (QED) is 0.487. The van der Waals surface area contributed by atoms with E-state index in [1.807, 2.05) is 0 Å². The molecule has 0 saturated carbocycles. The Kier molecular flexibility index (Phi) is 4.70. The summed E-state index contributed by atoms with van der Waals surface area (Å²) >= 11 is 0. The van der Waals surface area contributed by atoms with Crippen molar-refractivity contribution in [3.63, 3.8) is 0 Å². The predicted molar refractivity (Wildman–Crippen MR) is 73.1 cm³/mol. The average Bonchev–Trinajstić information content (AvgIpc) is 2.86. The molecule has 2 fully saturated rings. The minimum absolute atomic E-state index is 0.0857. The largest absolute Gasteiger partial charge is 0.475 e. The van der Waals surface area contributed by atoms with Crippen molar-refractivity contribution < 1.29 is 23.3 Å². The van der Waals surface area contributed by atoms with Gasteiger partial charge in [0, 0.05) is 26.2 Å². The summed E-state index contributed by atoms with van der Waals surface area (Å²) in [6.07, 6.45) is 2.39. The van der Waals surface area contributed by atoms with E-state index in [4.69, 9.17) is 0 Å². The van der Waals surface area contributed by atoms with Crippen LogP contribution in [0.25, 0.3) is 0 Å². The van der Waals surface area contributed by atoms with Gasteiger partial charge in [-0.15, -0.1) is 0 Å². The minimum atomic E-state index is -3.32. The van der Waals surface area contributed by atoms with Crippen molar-refractivity contribution in [3.05, 3.63) is 0 Å². The normalized spacial score (nSPS) is 28.6. The van der Waals surface area contributed by atoms with Crippen molar-refractivity contribution in [2.45, 2.75) is 24.8 Å². The van der Waals surface area contributed by atoms with Crippen LogP contribution in [0.2, 0.25) is 0 Å². The van der Waals surface area contributed by atoms with Crippen LogP contribution in [-0.2, 0) is 14.8 Å². The van der Waals surface area contributed by atoms with Crippen LogP contribution < -0.4 is 5.32 Å². The third-order valence-electron chi connectivity index (χ3n) is 3.83. The maximum atomic E-state index is 12.4. The molecule has 10 heteroatoms. The first-order valence-corrected chi connectivity index (χ1v) is 8.50. The highest BCUT2D eigenvalue weighted by Crippen LogP contribution is 2.20. The molecule has 0 aromatic heterocycles. The highest BCUT2D eigenvalue weighted by Gasteiger charge is 2.40. The lowest BCUT2D eigenvalue weighted by Gasteiger charge is -2.35. The number of nitrogens with one attached hydrogen (secondary N) is 1. The molecular weight excluding hydrogens is 285 g/mol. The van der Waals surface area contributed by atoms with E-state index in [1.165, 1.54) is 9.21 Å². The fourth-order valence-corrected chi connectivity index (χ4v) is 3.61.